The van der Waals surface area contributed by atoms with Crippen LogP contribution < -0.4 is 16.8 Å². The zero-order valence-corrected chi connectivity index (χ0v) is 9.58. The number of amides is 2. The lowest BCUT2D eigenvalue weighted by Crippen LogP contribution is -2.33. The smallest absolute Gasteiger partial charge is 0.251 e. The number of aromatic nitrogens is 1. The molecule has 0 aliphatic rings. The Balaban J connectivity index is 2.23. The molecule has 1 aromatic heterocycles. The van der Waals surface area contributed by atoms with E-state index in [9.17, 15) is 9.59 Å². The first kappa shape index (κ1) is 11.3. The topological polar surface area (TPSA) is 111 Å². The van der Waals surface area contributed by atoms with Gasteiger partial charge in [-0.15, -0.1) is 0 Å². The highest BCUT2D eigenvalue weighted by Gasteiger charge is 2.09. The SMILES string of the molecule is NC(=O)CNC(=O)c1ccc2nc(N)sc2c1. The third-order valence-corrected chi connectivity index (χ3v) is 2.94. The predicted octanol–water partition coefficient (Wildman–Crippen LogP) is 0.0936. The number of carbonyl (C=O) groups is 2. The van der Waals surface area contributed by atoms with Crippen molar-refractivity contribution in [1.82, 2.24) is 10.3 Å². The number of hydrogen-bond acceptors (Lipinski definition) is 5. The second-order valence-electron chi connectivity index (χ2n) is 3.38. The zero-order valence-electron chi connectivity index (χ0n) is 8.77. The number of primary amides is 1. The molecule has 88 valence electrons. The third-order valence-electron chi connectivity index (χ3n) is 2.09. The Bertz CT molecular complexity index is 593. The van der Waals surface area contributed by atoms with Crippen LogP contribution in [0.2, 0.25) is 0 Å². The molecule has 0 fully saturated rings. The molecule has 0 unspecified atom stereocenters. The van der Waals surface area contributed by atoms with Gasteiger partial charge in [-0.05, 0) is 18.2 Å². The molecule has 0 radical (unpaired) electrons. The van der Waals surface area contributed by atoms with Crippen LogP contribution in [0.4, 0.5) is 5.13 Å². The summed E-state index contributed by atoms with van der Waals surface area (Å²) in [6.45, 7) is -0.179. The van der Waals surface area contributed by atoms with Crippen molar-refractivity contribution in [2.24, 2.45) is 5.73 Å². The lowest BCUT2D eigenvalue weighted by Gasteiger charge is -2.02. The fraction of sp³-hybridized carbons (Fsp3) is 0.100. The summed E-state index contributed by atoms with van der Waals surface area (Å²) in [5.74, 6) is -0.931. The summed E-state index contributed by atoms with van der Waals surface area (Å²) in [7, 11) is 0. The van der Waals surface area contributed by atoms with Crippen molar-refractivity contribution in [3.8, 4) is 0 Å². The van der Waals surface area contributed by atoms with Crippen LogP contribution in [-0.4, -0.2) is 23.3 Å². The average molecular weight is 250 g/mol. The molecule has 0 aliphatic carbocycles. The van der Waals surface area contributed by atoms with E-state index in [1.54, 1.807) is 18.2 Å². The van der Waals surface area contributed by atoms with E-state index in [0.717, 1.165) is 10.2 Å². The van der Waals surface area contributed by atoms with Crippen LogP contribution in [0.5, 0.6) is 0 Å². The molecule has 0 saturated carbocycles. The number of carbonyl (C=O) groups excluding carboxylic acids is 2. The van der Waals surface area contributed by atoms with Crippen LogP contribution in [-0.2, 0) is 4.79 Å². The normalized spacial score (nSPS) is 10.4. The minimum Gasteiger partial charge on any atom is -0.375 e. The molecule has 17 heavy (non-hydrogen) atoms. The maximum atomic E-state index is 11.6. The van der Waals surface area contributed by atoms with Crippen molar-refractivity contribution in [2.75, 3.05) is 12.3 Å². The first-order chi connectivity index (χ1) is 8.06. The highest BCUT2D eigenvalue weighted by molar-refractivity contribution is 7.22. The molecular weight excluding hydrogens is 240 g/mol. The highest BCUT2D eigenvalue weighted by Crippen LogP contribution is 2.24. The van der Waals surface area contributed by atoms with E-state index in [0.29, 0.717) is 10.7 Å². The standard InChI is InChI=1S/C10H10N4O2S/c11-8(15)4-13-9(16)5-1-2-6-7(3-5)17-10(12)14-6/h1-3H,4H2,(H2,11,15)(H2,12,14)(H,13,16). The van der Waals surface area contributed by atoms with Gasteiger partial charge in [0.1, 0.15) is 0 Å². The Morgan fingerprint density at radius 2 is 2.18 bits per heavy atom. The Morgan fingerprint density at radius 3 is 2.88 bits per heavy atom. The number of nitrogens with two attached hydrogens (primary N) is 2. The number of hydrogen-bond donors (Lipinski definition) is 3. The molecule has 2 amide bonds. The lowest BCUT2D eigenvalue weighted by atomic mass is 10.2. The minimum absolute atomic E-state index is 0.179. The molecule has 6 nitrogen and oxygen atoms in total. The number of thiazole rings is 1. The zero-order chi connectivity index (χ0) is 12.4. The van der Waals surface area contributed by atoms with E-state index < -0.39 is 5.91 Å². The maximum absolute atomic E-state index is 11.6. The molecule has 5 N–H and O–H groups in total. The van der Waals surface area contributed by atoms with Gasteiger partial charge in [0.25, 0.3) is 5.91 Å². The molecule has 0 saturated heterocycles. The van der Waals surface area contributed by atoms with E-state index in [1.165, 1.54) is 11.3 Å². The first-order valence-corrected chi connectivity index (χ1v) is 5.60. The number of benzene rings is 1. The first-order valence-electron chi connectivity index (χ1n) is 4.79. The summed E-state index contributed by atoms with van der Waals surface area (Å²) >= 11 is 1.30. The van der Waals surface area contributed by atoms with Crippen LogP contribution in [0, 0.1) is 0 Å². The van der Waals surface area contributed by atoms with E-state index in [-0.39, 0.29) is 12.5 Å². The van der Waals surface area contributed by atoms with Crippen molar-refractivity contribution in [2.45, 2.75) is 0 Å². The minimum atomic E-state index is -0.582. The Kier molecular flexibility index (Phi) is 2.92. The van der Waals surface area contributed by atoms with Crippen molar-refractivity contribution >= 4 is 38.5 Å². The van der Waals surface area contributed by atoms with Gasteiger partial charge in [-0.2, -0.15) is 0 Å². The number of nitrogens with zero attached hydrogens (tertiary/aromatic N) is 1. The largest absolute Gasteiger partial charge is 0.375 e. The molecule has 2 rings (SSSR count). The van der Waals surface area contributed by atoms with Crippen LogP contribution in [0.25, 0.3) is 10.2 Å². The van der Waals surface area contributed by atoms with E-state index in [2.05, 4.69) is 10.3 Å². The highest BCUT2D eigenvalue weighted by atomic mass is 32.1. The molecule has 1 aromatic carbocycles. The van der Waals surface area contributed by atoms with Gasteiger partial charge in [-0.1, -0.05) is 11.3 Å². The summed E-state index contributed by atoms with van der Waals surface area (Å²) in [6, 6.07) is 5.01. The molecule has 0 atom stereocenters. The van der Waals surface area contributed by atoms with Gasteiger partial charge in [0.15, 0.2) is 5.13 Å². The Morgan fingerprint density at radius 1 is 1.41 bits per heavy atom. The summed E-state index contributed by atoms with van der Waals surface area (Å²) in [6.07, 6.45) is 0. The number of rotatable bonds is 3. The molecular formula is C10H10N4O2S. The fourth-order valence-corrected chi connectivity index (χ4v) is 2.13. The quantitative estimate of drug-likeness (QED) is 0.717. The summed E-state index contributed by atoms with van der Waals surface area (Å²) in [4.78, 5) is 26.2. The van der Waals surface area contributed by atoms with E-state index >= 15 is 0 Å². The van der Waals surface area contributed by atoms with Crippen molar-refractivity contribution in [3.05, 3.63) is 23.8 Å². The van der Waals surface area contributed by atoms with Crippen LogP contribution in [0.15, 0.2) is 18.2 Å². The Labute approximate surface area is 101 Å². The average Bonchev–Trinajstić information content (AvgIpc) is 2.64. The number of nitrogens with one attached hydrogen (secondary N) is 1. The van der Waals surface area contributed by atoms with Crippen molar-refractivity contribution in [3.63, 3.8) is 0 Å². The maximum Gasteiger partial charge on any atom is 0.251 e. The van der Waals surface area contributed by atoms with Crippen LogP contribution >= 0.6 is 11.3 Å². The molecule has 0 bridgehead atoms. The van der Waals surface area contributed by atoms with Crippen molar-refractivity contribution in [1.29, 1.82) is 0 Å². The van der Waals surface area contributed by atoms with Gasteiger partial charge in [0.05, 0.1) is 16.8 Å². The van der Waals surface area contributed by atoms with E-state index in [1.807, 2.05) is 0 Å². The second kappa shape index (κ2) is 4.38. The van der Waals surface area contributed by atoms with Gasteiger partial charge in [0, 0.05) is 5.56 Å². The fourth-order valence-electron chi connectivity index (χ4n) is 1.35. The number of nitrogen functional groups attached to an aromatic ring is 1. The summed E-state index contributed by atoms with van der Waals surface area (Å²) < 4.78 is 0.828. The van der Waals surface area contributed by atoms with Crippen LogP contribution in [0.1, 0.15) is 10.4 Å². The van der Waals surface area contributed by atoms with Gasteiger partial charge in [-0.3, -0.25) is 9.59 Å². The number of fused-ring (bicyclic) bond motifs is 1. The van der Waals surface area contributed by atoms with Gasteiger partial charge in [0.2, 0.25) is 5.91 Å². The monoisotopic (exact) mass is 250 g/mol. The summed E-state index contributed by atoms with van der Waals surface area (Å²) in [5.41, 5.74) is 11.7. The van der Waals surface area contributed by atoms with Crippen LogP contribution in [0.3, 0.4) is 0 Å². The molecule has 7 heteroatoms. The lowest BCUT2D eigenvalue weighted by molar-refractivity contribution is -0.117. The molecule has 2 aromatic rings. The third kappa shape index (κ3) is 2.51. The molecule has 0 aliphatic heterocycles. The van der Waals surface area contributed by atoms with Gasteiger partial charge >= 0.3 is 0 Å². The second-order valence-corrected chi connectivity index (χ2v) is 4.45. The number of anilines is 1. The van der Waals surface area contributed by atoms with Gasteiger partial charge in [-0.25, -0.2) is 4.98 Å². The summed E-state index contributed by atoms with van der Waals surface area (Å²) in [5, 5.41) is 2.86. The van der Waals surface area contributed by atoms with E-state index in [4.69, 9.17) is 11.5 Å². The molecule has 0 spiro atoms. The Hall–Kier alpha value is -2.15. The van der Waals surface area contributed by atoms with Gasteiger partial charge < -0.3 is 16.8 Å². The predicted molar refractivity (Wildman–Crippen MR) is 65.6 cm³/mol. The molecule has 1 heterocycles. The van der Waals surface area contributed by atoms with Crippen molar-refractivity contribution < 1.29 is 9.59 Å².